The molecule has 0 aliphatic carbocycles. The van der Waals surface area contributed by atoms with E-state index in [9.17, 15) is 0 Å². The van der Waals surface area contributed by atoms with Crippen LogP contribution in [0, 0.1) is 12.3 Å². The first kappa shape index (κ1) is 12.1. The van der Waals surface area contributed by atoms with Gasteiger partial charge in [0.25, 0.3) is 0 Å². The fraction of sp³-hybridized carbons (Fsp3) is 0.250. The van der Waals surface area contributed by atoms with E-state index in [4.69, 9.17) is 12.2 Å². The third-order valence-corrected chi connectivity index (χ3v) is 3.95. The molecule has 0 radical (unpaired) electrons. The van der Waals surface area contributed by atoms with Gasteiger partial charge in [0, 0.05) is 12.3 Å². The molecule has 3 N–H and O–H groups in total. The first-order valence-corrected chi connectivity index (χ1v) is 7.23. The highest BCUT2D eigenvalue weighted by Gasteiger charge is 2.05. The van der Waals surface area contributed by atoms with Crippen LogP contribution < -0.4 is 11.1 Å². The van der Waals surface area contributed by atoms with E-state index >= 15 is 0 Å². The van der Waals surface area contributed by atoms with E-state index in [0.717, 1.165) is 39.6 Å². The fourth-order valence-electron chi connectivity index (χ4n) is 1.50. The Morgan fingerprint density at radius 3 is 3.24 bits per heavy atom. The number of nitrogen functional groups attached to an aromatic ring is 1. The van der Waals surface area contributed by atoms with Gasteiger partial charge in [-0.2, -0.15) is 0 Å². The first-order valence-electron chi connectivity index (χ1n) is 5.19. The molecule has 5 heteroatoms. The van der Waals surface area contributed by atoms with E-state index in [1.807, 2.05) is 17.6 Å². The molecule has 0 saturated heterocycles. The van der Waals surface area contributed by atoms with Crippen LogP contribution in [0.1, 0.15) is 0 Å². The molecule has 0 spiro atoms. The number of nitrogens with zero attached hydrogens (tertiary/aromatic N) is 1. The predicted molar refractivity (Wildman–Crippen MR) is 78.7 cm³/mol. The summed E-state index contributed by atoms with van der Waals surface area (Å²) in [7, 11) is 0. The summed E-state index contributed by atoms with van der Waals surface area (Å²) in [5, 5.41) is 3.30. The van der Waals surface area contributed by atoms with Gasteiger partial charge in [0.2, 0.25) is 0 Å². The standard InChI is InChI=1S/C12H13N3S2/c1-2-6-16-7-5-14-9-3-4-10-12(11(9)13)15-8-17-10/h1,3-4,8,14H,5-7,13H2. The van der Waals surface area contributed by atoms with Crippen molar-refractivity contribution in [2.45, 2.75) is 0 Å². The van der Waals surface area contributed by atoms with Crippen LogP contribution in [0.3, 0.4) is 0 Å². The van der Waals surface area contributed by atoms with E-state index in [-0.39, 0.29) is 0 Å². The highest BCUT2D eigenvalue weighted by Crippen LogP contribution is 2.29. The second kappa shape index (κ2) is 5.80. The van der Waals surface area contributed by atoms with Crippen molar-refractivity contribution in [2.24, 2.45) is 0 Å². The highest BCUT2D eigenvalue weighted by molar-refractivity contribution is 7.99. The molecule has 17 heavy (non-hydrogen) atoms. The maximum atomic E-state index is 6.05. The quantitative estimate of drug-likeness (QED) is 0.495. The zero-order chi connectivity index (χ0) is 12.1. The number of thiazole rings is 1. The summed E-state index contributed by atoms with van der Waals surface area (Å²) in [5.41, 5.74) is 10.4. The number of terminal acetylenes is 1. The number of nitrogens with one attached hydrogen (secondary N) is 1. The van der Waals surface area contributed by atoms with Crippen LogP contribution >= 0.6 is 23.1 Å². The molecule has 88 valence electrons. The Morgan fingerprint density at radius 1 is 1.53 bits per heavy atom. The van der Waals surface area contributed by atoms with Crippen LogP contribution in [0.4, 0.5) is 11.4 Å². The smallest absolute Gasteiger partial charge is 0.106 e. The van der Waals surface area contributed by atoms with Gasteiger partial charge in [-0.1, -0.05) is 5.92 Å². The second-order valence-corrected chi connectivity index (χ2v) is 5.40. The van der Waals surface area contributed by atoms with E-state index in [1.165, 1.54) is 0 Å². The number of rotatable bonds is 5. The predicted octanol–water partition coefficient (Wildman–Crippen LogP) is 2.66. The molecule has 0 saturated carbocycles. The van der Waals surface area contributed by atoms with Crippen LogP contribution in [0.5, 0.6) is 0 Å². The lowest BCUT2D eigenvalue weighted by molar-refractivity contribution is 1.23. The minimum atomic E-state index is 0.727. The molecule has 2 rings (SSSR count). The van der Waals surface area contributed by atoms with Crippen molar-refractivity contribution in [2.75, 3.05) is 29.1 Å². The molecule has 0 aliphatic rings. The van der Waals surface area contributed by atoms with Gasteiger partial charge in [-0.25, -0.2) is 4.98 Å². The molecule has 0 bridgehead atoms. The van der Waals surface area contributed by atoms with E-state index in [2.05, 4.69) is 16.2 Å². The molecule has 0 amide bonds. The average Bonchev–Trinajstić information content (AvgIpc) is 2.80. The number of hydrogen-bond donors (Lipinski definition) is 2. The number of benzene rings is 1. The van der Waals surface area contributed by atoms with Gasteiger partial charge in [0.05, 0.1) is 27.3 Å². The van der Waals surface area contributed by atoms with Crippen molar-refractivity contribution in [3.05, 3.63) is 17.6 Å². The van der Waals surface area contributed by atoms with Crippen LogP contribution in [0.15, 0.2) is 17.6 Å². The van der Waals surface area contributed by atoms with E-state index < -0.39 is 0 Å². The molecule has 0 atom stereocenters. The molecule has 1 aromatic carbocycles. The van der Waals surface area contributed by atoms with Crippen molar-refractivity contribution in [1.29, 1.82) is 0 Å². The Balaban J connectivity index is 1.99. The maximum Gasteiger partial charge on any atom is 0.106 e. The Bertz CT molecular complexity index is 542. The summed E-state index contributed by atoms with van der Waals surface area (Å²) in [6, 6.07) is 4.04. The summed E-state index contributed by atoms with van der Waals surface area (Å²) in [6.45, 7) is 0.853. The Morgan fingerprint density at radius 2 is 2.41 bits per heavy atom. The lowest BCUT2D eigenvalue weighted by atomic mass is 10.2. The van der Waals surface area contributed by atoms with Crippen LogP contribution in [0.25, 0.3) is 10.2 Å². The third-order valence-electron chi connectivity index (χ3n) is 2.29. The minimum absolute atomic E-state index is 0.727. The van der Waals surface area contributed by atoms with Crippen molar-refractivity contribution in [3.63, 3.8) is 0 Å². The minimum Gasteiger partial charge on any atom is -0.395 e. The molecular formula is C12H13N3S2. The molecule has 2 aromatic rings. The van der Waals surface area contributed by atoms with Gasteiger partial charge in [0.1, 0.15) is 5.52 Å². The van der Waals surface area contributed by atoms with Gasteiger partial charge in [-0.05, 0) is 12.1 Å². The number of nitrogens with two attached hydrogens (primary N) is 1. The van der Waals surface area contributed by atoms with Gasteiger partial charge < -0.3 is 11.1 Å². The summed E-state index contributed by atoms with van der Waals surface area (Å²) < 4.78 is 1.12. The summed E-state index contributed by atoms with van der Waals surface area (Å²) >= 11 is 3.33. The molecule has 1 heterocycles. The van der Waals surface area contributed by atoms with Crippen molar-refractivity contribution in [1.82, 2.24) is 4.98 Å². The maximum absolute atomic E-state index is 6.05. The first-order chi connectivity index (χ1) is 8.33. The lowest BCUT2D eigenvalue weighted by Gasteiger charge is -2.08. The van der Waals surface area contributed by atoms with Crippen LogP contribution in [-0.2, 0) is 0 Å². The summed E-state index contributed by atoms with van der Waals surface area (Å²) in [4.78, 5) is 4.26. The molecule has 0 fully saturated rings. The van der Waals surface area contributed by atoms with Gasteiger partial charge >= 0.3 is 0 Å². The summed E-state index contributed by atoms with van der Waals surface area (Å²) in [6.07, 6.45) is 5.18. The molecular weight excluding hydrogens is 250 g/mol. The van der Waals surface area contributed by atoms with Crippen molar-refractivity contribution >= 4 is 44.7 Å². The third kappa shape index (κ3) is 2.84. The summed E-state index contributed by atoms with van der Waals surface area (Å²) in [5.74, 6) is 4.32. The largest absolute Gasteiger partial charge is 0.395 e. The normalized spacial score (nSPS) is 10.3. The number of anilines is 2. The second-order valence-electron chi connectivity index (χ2n) is 3.41. The zero-order valence-electron chi connectivity index (χ0n) is 9.27. The Kier molecular flexibility index (Phi) is 4.13. The number of hydrogen-bond acceptors (Lipinski definition) is 5. The topological polar surface area (TPSA) is 50.9 Å². The fourth-order valence-corrected chi connectivity index (χ4v) is 2.70. The molecule has 0 unspecified atom stereocenters. The van der Waals surface area contributed by atoms with Crippen LogP contribution in [-0.4, -0.2) is 23.0 Å². The SMILES string of the molecule is C#CCSCCNc1ccc2scnc2c1N. The molecule has 3 nitrogen and oxygen atoms in total. The van der Waals surface area contributed by atoms with E-state index in [0.29, 0.717) is 0 Å². The number of thioether (sulfide) groups is 1. The Labute approximate surface area is 109 Å². The van der Waals surface area contributed by atoms with Crippen LogP contribution in [0.2, 0.25) is 0 Å². The highest BCUT2D eigenvalue weighted by atomic mass is 32.2. The van der Waals surface area contributed by atoms with Crippen molar-refractivity contribution < 1.29 is 0 Å². The van der Waals surface area contributed by atoms with Gasteiger partial charge in [-0.15, -0.1) is 29.5 Å². The number of aromatic nitrogens is 1. The van der Waals surface area contributed by atoms with Gasteiger partial charge in [-0.3, -0.25) is 0 Å². The van der Waals surface area contributed by atoms with Gasteiger partial charge in [0.15, 0.2) is 0 Å². The molecule has 1 aromatic heterocycles. The molecule has 0 aliphatic heterocycles. The number of fused-ring (bicyclic) bond motifs is 1. The van der Waals surface area contributed by atoms with Crippen molar-refractivity contribution in [3.8, 4) is 12.3 Å². The average molecular weight is 263 g/mol. The Hall–Kier alpha value is -1.38. The zero-order valence-corrected chi connectivity index (χ0v) is 10.9. The monoisotopic (exact) mass is 263 g/mol. The lowest BCUT2D eigenvalue weighted by Crippen LogP contribution is -2.06. The van der Waals surface area contributed by atoms with E-state index in [1.54, 1.807) is 23.1 Å².